The molecule has 102 valence electrons. The zero-order chi connectivity index (χ0) is 13.2. The number of hydrogen-bond acceptors (Lipinski definition) is 3. The Hall–Kier alpha value is -1.08. The van der Waals surface area contributed by atoms with E-state index in [4.69, 9.17) is 0 Å². The summed E-state index contributed by atoms with van der Waals surface area (Å²) in [5.74, 6) is 0. The van der Waals surface area contributed by atoms with Gasteiger partial charge in [0.25, 0.3) is 0 Å². The normalized spacial score (nSPS) is 20.2. The van der Waals surface area contributed by atoms with E-state index in [-0.39, 0.29) is 6.04 Å². The molecule has 0 spiro atoms. The summed E-state index contributed by atoms with van der Waals surface area (Å²) in [5.41, 5.74) is 1.99. The van der Waals surface area contributed by atoms with Gasteiger partial charge in [-0.1, -0.05) is 6.92 Å². The fraction of sp³-hybridized carbons (Fsp3) is 0.727. The van der Waals surface area contributed by atoms with Crippen LogP contribution in [0.4, 0.5) is 13.2 Å². The Kier molecular flexibility index (Phi) is 3.91. The van der Waals surface area contributed by atoms with Crippen LogP contribution in [-0.4, -0.2) is 46.7 Å². The minimum atomic E-state index is -4.14. The molecule has 1 aliphatic heterocycles. The molecule has 1 aromatic rings. The summed E-state index contributed by atoms with van der Waals surface area (Å²) in [4.78, 5) is 8.61. The van der Waals surface area contributed by atoms with Crippen LogP contribution in [0.25, 0.3) is 0 Å². The highest BCUT2D eigenvalue weighted by Crippen LogP contribution is 2.18. The van der Waals surface area contributed by atoms with Gasteiger partial charge in [0, 0.05) is 25.6 Å². The molecule has 7 heteroatoms. The molecule has 1 atom stereocenters. The predicted octanol–water partition coefficient (Wildman–Crippen LogP) is 1.31. The molecule has 0 saturated carbocycles. The van der Waals surface area contributed by atoms with Crippen molar-refractivity contribution in [2.24, 2.45) is 0 Å². The van der Waals surface area contributed by atoms with Gasteiger partial charge in [-0.25, -0.2) is 4.98 Å². The molecule has 2 N–H and O–H groups in total. The van der Waals surface area contributed by atoms with Crippen molar-refractivity contribution in [3.8, 4) is 0 Å². The molecule has 0 saturated heterocycles. The van der Waals surface area contributed by atoms with Crippen molar-refractivity contribution in [2.75, 3.05) is 19.6 Å². The molecule has 0 fully saturated rings. The monoisotopic (exact) mass is 262 g/mol. The Morgan fingerprint density at radius 3 is 2.94 bits per heavy atom. The maximum atomic E-state index is 12.4. The summed E-state index contributed by atoms with van der Waals surface area (Å²) in [6.07, 6.45) is -1.84. The summed E-state index contributed by atoms with van der Waals surface area (Å²) < 4.78 is 37.1. The Labute approximate surface area is 104 Å². The van der Waals surface area contributed by atoms with Crippen LogP contribution >= 0.6 is 0 Å². The topological polar surface area (TPSA) is 44.0 Å². The summed E-state index contributed by atoms with van der Waals surface area (Å²) in [6, 6.07) is 0.0306. The third kappa shape index (κ3) is 3.46. The van der Waals surface area contributed by atoms with Crippen LogP contribution in [0.2, 0.25) is 0 Å². The van der Waals surface area contributed by atoms with Crippen molar-refractivity contribution < 1.29 is 13.2 Å². The first-order valence-corrected chi connectivity index (χ1v) is 6.01. The molecule has 0 aromatic carbocycles. The second kappa shape index (κ2) is 5.27. The van der Waals surface area contributed by atoms with E-state index in [2.05, 4.69) is 15.3 Å². The van der Waals surface area contributed by atoms with Crippen molar-refractivity contribution in [3.05, 3.63) is 17.7 Å². The molecule has 2 rings (SSSR count). The van der Waals surface area contributed by atoms with Crippen LogP contribution in [0.1, 0.15) is 18.3 Å². The molecule has 1 aliphatic rings. The van der Waals surface area contributed by atoms with Crippen LogP contribution in [0.5, 0.6) is 0 Å². The van der Waals surface area contributed by atoms with Crippen molar-refractivity contribution >= 4 is 0 Å². The lowest BCUT2D eigenvalue weighted by molar-refractivity contribution is -0.146. The second-order valence-electron chi connectivity index (χ2n) is 4.55. The highest BCUT2D eigenvalue weighted by molar-refractivity contribution is 5.15. The van der Waals surface area contributed by atoms with Gasteiger partial charge in [0.15, 0.2) is 0 Å². The fourth-order valence-electron chi connectivity index (χ4n) is 2.23. The number of halogens is 3. The van der Waals surface area contributed by atoms with Gasteiger partial charge in [-0.3, -0.25) is 4.90 Å². The Morgan fingerprint density at radius 1 is 1.50 bits per heavy atom. The van der Waals surface area contributed by atoms with Gasteiger partial charge in [0.1, 0.15) is 0 Å². The third-order valence-corrected chi connectivity index (χ3v) is 3.14. The lowest BCUT2D eigenvalue weighted by Gasteiger charge is -2.29. The van der Waals surface area contributed by atoms with Crippen LogP contribution in [0, 0.1) is 0 Å². The van der Waals surface area contributed by atoms with Crippen LogP contribution < -0.4 is 5.32 Å². The lowest BCUT2D eigenvalue weighted by atomic mass is 10.0. The van der Waals surface area contributed by atoms with E-state index in [1.54, 1.807) is 13.3 Å². The first kappa shape index (κ1) is 13.4. The Morgan fingerprint density at radius 2 is 2.28 bits per heavy atom. The minimum absolute atomic E-state index is 0.0306. The smallest absolute Gasteiger partial charge is 0.347 e. The van der Waals surface area contributed by atoms with Crippen molar-refractivity contribution in [2.45, 2.75) is 32.1 Å². The van der Waals surface area contributed by atoms with Crippen molar-refractivity contribution in [1.82, 2.24) is 20.2 Å². The molecule has 0 bridgehead atoms. The fourth-order valence-corrected chi connectivity index (χ4v) is 2.23. The second-order valence-corrected chi connectivity index (χ2v) is 4.55. The number of alkyl halides is 3. The Bertz CT molecular complexity index is 388. The Balaban J connectivity index is 1.90. The number of imidazole rings is 1. The molecular formula is C11H17F3N4. The third-order valence-electron chi connectivity index (χ3n) is 3.14. The SMILES string of the molecule is CCN(CC1Cc2nc[nH]c2CN1)CC(F)(F)F. The van der Waals surface area contributed by atoms with Gasteiger partial charge in [-0.2, -0.15) is 13.2 Å². The summed E-state index contributed by atoms with van der Waals surface area (Å²) in [5, 5.41) is 3.23. The van der Waals surface area contributed by atoms with Crippen molar-refractivity contribution in [1.29, 1.82) is 0 Å². The largest absolute Gasteiger partial charge is 0.401 e. The average molecular weight is 262 g/mol. The molecule has 1 unspecified atom stereocenters. The van der Waals surface area contributed by atoms with E-state index in [1.807, 2.05) is 0 Å². The summed E-state index contributed by atoms with van der Waals surface area (Å²) in [6.45, 7) is 2.32. The number of H-pyrrole nitrogens is 1. The molecule has 0 aliphatic carbocycles. The first-order valence-electron chi connectivity index (χ1n) is 6.01. The highest BCUT2D eigenvalue weighted by Gasteiger charge is 2.31. The van der Waals surface area contributed by atoms with E-state index in [1.165, 1.54) is 4.90 Å². The van der Waals surface area contributed by atoms with Gasteiger partial charge in [-0.05, 0) is 6.54 Å². The zero-order valence-corrected chi connectivity index (χ0v) is 10.2. The van der Waals surface area contributed by atoms with Crippen LogP contribution in [-0.2, 0) is 13.0 Å². The zero-order valence-electron chi connectivity index (χ0n) is 10.2. The van der Waals surface area contributed by atoms with E-state index in [0.29, 0.717) is 26.1 Å². The number of nitrogens with zero attached hydrogens (tertiary/aromatic N) is 2. The van der Waals surface area contributed by atoms with Crippen LogP contribution in [0.3, 0.4) is 0 Å². The molecule has 4 nitrogen and oxygen atoms in total. The maximum absolute atomic E-state index is 12.4. The lowest BCUT2D eigenvalue weighted by Crippen LogP contribution is -2.47. The molecular weight excluding hydrogens is 245 g/mol. The summed E-state index contributed by atoms with van der Waals surface area (Å²) in [7, 11) is 0. The molecule has 18 heavy (non-hydrogen) atoms. The highest BCUT2D eigenvalue weighted by atomic mass is 19.4. The van der Waals surface area contributed by atoms with Gasteiger partial charge < -0.3 is 10.3 Å². The molecule has 2 heterocycles. The number of nitrogens with one attached hydrogen (secondary N) is 2. The van der Waals surface area contributed by atoms with Gasteiger partial charge in [0.05, 0.1) is 24.3 Å². The van der Waals surface area contributed by atoms with Crippen LogP contribution in [0.15, 0.2) is 6.33 Å². The van der Waals surface area contributed by atoms with E-state index < -0.39 is 12.7 Å². The summed E-state index contributed by atoms with van der Waals surface area (Å²) >= 11 is 0. The van der Waals surface area contributed by atoms with E-state index >= 15 is 0 Å². The van der Waals surface area contributed by atoms with Crippen molar-refractivity contribution in [3.63, 3.8) is 0 Å². The number of likely N-dealkylation sites (N-methyl/N-ethyl adjacent to an activating group) is 1. The quantitative estimate of drug-likeness (QED) is 0.860. The molecule has 0 radical (unpaired) electrons. The average Bonchev–Trinajstić information content (AvgIpc) is 2.73. The minimum Gasteiger partial charge on any atom is -0.347 e. The van der Waals surface area contributed by atoms with Gasteiger partial charge in [-0.15, -0.1) is 0 Å². The maximum Gasteiger partial charge on any atom is 0.401 e. The van der Waals surface area contributed by atoms with Gasteiger partial charge in [0.2, 0.25) is 0 Å². The standard InChI is InChI=1S/C11H17F3N4/c1-2-18(6-11(12,13)14)5-8-3-9-10(4-15-8)17-7-16-9/h7-8,15H,2-6H2,1H3,(H,16,17). The molecule has 0 amide bonds. The molecule has 1 aromatic heterocycles. The number of fused-ring (bicyclic) bond motifs is 1. The van der Waals surface area contributed by atoms with Gasteiger partial charge >= 0.3 is 6.18 Å². The van der Waals surface area contributed by atoms with E-state index in [9.17, 15) is 13.2 Å². The number of hydrogen-bond donors (Lipinski definition) is 2. The first-order chi connectivity index (χ1) is 8.48. The number of aromatic amines is 1. The number of rotatable bonds is 4. The van der Waals surface area contributed by atoms with E-state index in [0.717, 1.165) is 11.4 Å². The number of aromatic nitrogens is 2. The predicted molar refractivity (Wildman–Crippen MR) is 61.1 cm³/mol.